The highest BCUT2D eigenvalue weighted by Crippen LogP contribution is 2.11. The third-order valence-corrected chi connectivity index (χ3v) is 1.82. The normalized spacial score (nSPS) is 12.4. The Morgan fingerprint density at radius 3 is 2.92 bits per heavy atom. The number of nitrogen functional groups attached to an aromatic ring is 1. The third kappa shape index (κ3) is 1.70. The molecule has 0 aromatic carbocycles. The summed E-state index contributed by atoms with van der Waals surface area (Å²) in [5, 5.41) is 3.88. The van der Waals surface area contributed by atoms with Gasteiger partial charge in [0.25, 0.3) is 0 Å². The number of aromatic nitrogens is 3. The number of nitrogens with two attached hydrogens (primary N) is 1. The lowest BCUT2D eigenvalue weighted by Gasteiger charge is -1.99. The van der Waals surface area contributed by atoms with E-state index < -0.39 is 0 Å². The van der Waals surface area contributed by atoms with Crippen LogP contribution in [0.15, 0.2) is 35.1 Å². The Labute approximate surface area is 86.3 Å². The molecule has 0 fully saturated rings. The van der Waals surface area contributed by atoms with Crippen LogP contribution in [0, 0.1) is 0 Å². The van der Waals surface area contributed by atoms with Gasteiger partial charge in [-0.3, -0.25) is 0 Å². The molecule has 2 rings (SSSR count). The highest BCUT2D eigenvalue weighted by molar-refractivity contribution is 9.10. The van der Waals surface area contributed by atoms with E-state index in [2.05, 4.69) is 26.0 Å². The van der Waals surface area contributed by atoms with E-state index in [0.717, 1.165) is 0 Å². The molecule has 0 aliphatic heterocycles. The van der Waals surface area contributed by atoms with E-state index >= 15 is 0 Å². The summed E-state index contributed by atoms with van der Waals surface area (Å²) >= 11 is 3.11. The molecule has 0 aliphatic rings. The van der Waals surface area contributed by atoms with Crippen LogP contribution >= 0.6 is 15.9 Å². The van der Waals surface area contributed by atoms with Crippen LogP contribution in [0.25, 0.3) is 5.69 Å². The van der Waals surface area contributed by atoms with Crippen LogP contribution < -0.4 is 5.73 Å². The van der Waals surface area contributed by atoms with Crippen LogP contribution in [0.4, 0.5) is 5.82 Å². The standard InChI is InChI=1S/C8H7BrN4/c9-6-3-12-13(5-6)7-1-2-8(10)11-4-7/h1-5H,(H2,10,11)/i3D,5D. The van der Waals surface area contributed by atoms with Gasteiger partial charge >= 0.3 is 0 Å². The van der Waals surface area contributed by atoms with Crippen molar-refractivity contribution in [3.05, 3.63) is 35.1 Å². The molecular weight excluding hydrogens is 232 g/mol. The van der Waals surface area contributed by atoms with Gasteiger partial charge in [-0.15, -0.1) is 0 Å². The van der Waals surface area contributed by atoms with Crippen LogP contribution in [-0.4, -0.2) is 14.8 Å². The summed E-state index contributed by atoms with van der Waals surface area (Å²) in [6, 6.07) is 3.31. The molecule has 2 N–H and O–H groups in total. The second kappa shape index (κ2) is 3.18. The van der Waals surface area contributed by atoms with Crippen LogP contribution in [0.1, 0.15) is 2.74 Å². The van der Waals surface area contributed by atoms with Gasteiger partial charge in [0.1, 0.15) is 5.82 Å². The second-order valence-electron chi connectivity index (χ2n) is 2.39. The molecule has 0 amide bonds. The third-order valence-electron chi connectivity index (χ3n) is 1.47. The molecule has 0 unspecified atom stereocenters. The predicted octanol–water partition coefficient (Wildman–Crippen LogP) is 1.61. The van der Waals surface area contributed by atoms with E-state index in [1.807, 2.05) is 0 Å². The highest BCUT2D eigenvalue weighted by Gasteiger charge is 1.98. The second-order valence-corrected chi connectivity index (χ2v) is 3.18. The van der Waals surface area contributed by atoms with Gasteiger partial charge in [-0.25, -0.2) is 9.67 Å². The molecule has 0 saturated carbocycles. The zero-order chi connectivity index (χ0) is 11.0. The maximum absolute atomic E-state index is 7.68. The van der Waals surface area contributed by atoms with Gasteiger partial charge in [0.15, 0.2) is 0 Å². The Balaban J connectivity index is 2.54. The topological polar surface area (TPSA) is 56.7 Å². The average Bonchev–Trinajstić information content (AvgIpc) is 2.47. The Morgan fingerprint density at radius 1 is 1.54 bits per heavy atom. The fourth-order valence-electron chi connectivity index (χ4n) is 0.882. The van der Waals surface area contributed by atoms with Crippen molar-refractivity contribution in [3.8, 4) is 5.69 Å². The molecule has 0 bridgehead atoms. The lowest BCUT2D eigenvalue weighted by molar-refractivity contribution is 0.874. The predicted molar refractivity (Wildman–Crippen MR) is 53.5 cm³/mol. The van der Waals surface area contributed by atoms with E-state index in [4.69, 9.17) is 8.48 Å². The largest absolute Gasteiger partial charge is 0.384 e. The maximum atomic E-state index is 7.68. The number of nitrogens with zero attached hydrogens (tertiary/aromatic N) is 3. The van der Waals surface area contributed by atoms with Crippen LogP contribution in [0.2, 0.25) is 0 Å². The van der Waals surface area contributed by atoms with E-state index in [1.165, 1.54) is 10.9 Å². The van der Waals surface area contributed by atoms with Crippen molar-refractivity contribution < 1.29 is 2.74 Å². The first-order chi connectivity index (χ1) is 7.09. The van der Waals surface area contributed by atoms with Crippen molar-refractivity contribution in [1.82, 2.24) is 14.8 Å². The molecule has 5 heteroatoms. The Bertz CT molecular complexity index is 494. The SMILES string of the molecule is [2H]c1nn(-c2ccc(N)nc2)c([2H])c1Br. The Morgan fingerprint density at radius 2 is 2.38 bits per heavy atom. The highest BCUT2D eigenvalue weighted by atomic mass is 79.9. The molecule has 0 aliphatic carbocycles. The molecule has 0 saturated heterocycles. The number of hydrogen-bond donors (Lipinski definition) is 1. The van der Waals surface area contributed by atoms with Gasteiger partial charge < -0.3 is 5.73 Å². The summed E-state index contributed by atoms with van der Waals surface area (Å²) in [6.07, 6.45) is 1.65. The van der Waals surface area contributed by atoms with Gasteiger partial charge in [0.05, 0.1) is 25.3 Å². The summed E-state index contributed by atoms with van der Waals surface area (Å²) in [5.74, 6) is 0.405. The molecule has 2 aromatic heterocycles. The molecule has 4 nitrogen and oxygen atoms in total. The zero-order valence-corrected chi connectivity index (χ0v) is 8.12. The maximum Gasteiger partial charge on any atom is 0.123 e. The summed E-state index contributed by atoms with van der Waals surface area (Å²) in [4.78, 5) is 3.89. The first-order valence-electron chi connectivity index (χ1n) is 4.53. The van der Waals surface area contributed by atoms with Crippen molar-refractivity contribution >= 4 is 21.7 Å². The molecular formula is C8H7BrN4. The van der Waals surface area contributed by atoms with Crippen molar-refractivity contribution in [2.75, 3.05) is 5.73 Å². The Hall–Kier alpha value is -1.36. The minimum absolute atomic E-state index is 0.0248. The lowest BCUT2D eigenvalue weighted by atomic mass is 10.4. The molecule has 0 radical (unpaired) electrons. The number of halogens is 1. The van der Waals surface area contributed by atoms with Gasteiger partial charge in [-0.2, -0.15) is 5.10 Å². The van der Waals surface area contributed by atoms with Crippen LogP contribution in [0.5, 0.6) is 0 Å². The smallest absolute Gasteiger partial charge is 0.123 e. The van der Waals surface area contributed by atoms with E-state index in [-0.39, 0.29) is 12.3 Å². The first kappa shape index (κ1) is 6.15. The first-order valence-corrected chi connectivity index (χ1v) is 4.32. The van der Waals surface area contributed by atoms with Crippen LogP contribution in [0.3, 0.4) is 0 Å². The van der Waals surface area contributed by atoms with Crippen molar-refractivity contribution in [2.45, 2.75) is 0 Å². The van der Waals surface area contributed by atoms with Crippen molar-refractivity contribution in [3.63, 3.8) is 0 Å². The van der Waals surface area contributed by atoms with Gasteiger partial charge in [0, 0.05) is 6.17 Å². The summed E-state index contributed by atoms with van der Waals surface area (Å²) in [7, 11) is 0. The molecule has 0 atom stereocenters. The number of anilines is 1. The molecule has 0 spiro atoms. The molecule has 66 valence electrons. The average molecular weight is 241 g/mol. The summed E-state index contributed by atoms with van der Waals surface area (Å²) < 4.78 is 16.8. The monoisotopic (exact) mass is 240 g/mol. The van der Waals surface area contributed by atoms with Gasteiger partial charge in [-0.1, -0.05) is 0 Å². The fraction of sp³-hybridized carbons (Fsp3) is 0. The van der Waals surface area contributed by atoms with E-state index in [9.17, 15) is 0 Å². The quantitative estimate of drug-likeness (QED) is 0.825. The molecule has 2 heterocycles. The number of pyridine rings is 1. The lowest BCUT2D eigenvalue weighted by Crippen LogP contribution is -1.96. The summed E-state index contributed by atoms with van der Waals surface area (Å²) in [6.45, 7) is 0. The zero-order valence-electron chi connectivity index (χ0n) is 8.53. The summed E-state index contributed by atoms with van der Waals surface area (Å²) in [5.41, 5.74) is 6.05. The minimum Gasteiger partial charge on any atom is -0.384 e. The minimum atomic E-state index is 0.0248. The van der Waals surface area contributed by atoms with Crippen molar-refractivity contribution in [1.29, 1.82) is 0 Å². The number of hydrogen-bond acceptors (Lipinski definition) is 3. The molecule has 13 heavy (non-hydrogen) atoms. The van der Waals surface area contributed by atoms with Gasteiger partial charge in [-0.05, 0) is 28.1 Å². The van der Waals surface area contributed by atoms with E-state index in [0.29, 0.717) is 16.0 Å². The Kier molecular flexibility index (Phi) is 1.50. The van der Waals surface area contributed by atoms with Gasteiger partial charge in [0.2, 0.25) is 0 Å². The van der Waals surface area contributed by atoms with Crippen molar-refractivity contribution in [2.24, 2.45) is 0 Å². The van der Waals surface area contributed by atoms with E-state index in [1.54, 1.807) is 12.1 Å². The molecule has 2 aromatic rings. The van der Waals surface area contributed by atoms with Crippen LogP contribution in [-0.2, 0) is 0 Å². The number of rotatable bonds is 1. The fourth-order valence-corrected chi connectivity index (χ4v) is 1.13.